The minimum Gasteiger partial charge on any atom is -0.343 e. The smallest absolute Gasteiger partial charge is 0.247 e. The van der Waals surface area contributed by atoms with Crippen molar-refractivity contribution >= 4 is 28.4 Å². The van der Waals surface area contributed by atoms with Crippen molar-refractivity contribution in [2.24, 2.45) is 28.7 Å². The lowest BCUT2D eigenvalue weighted by Gasteiger charge is -2.33. The number of fused-ring (bicyclic) bond motifs is 1. The predicted octanol–water partition coefficient (Wildman–Crippen LogP) is -1.14. The third kappa shape index (κ3) is 9.56. The molecule has 222 valence electrons. The van der Waals surface area contributed by atoms with Crippen LogP contribution in [0.3, 0.4) is 0 Å². The molecular weight excluding hydrogens is 518 g/mol. The first kappa shape index (κ1) is 32.1. The zero-order chi connectivity index (χ0) is 29.6. The van der Waals surface area contributed by atoms with Crippen molar-refractivity contribution in [2.75, 3.05) is 38.0 Å². The van der Waals surface area contributed by atoms with Crippen LogP contribution >= 0.6 is 0 Å². The molecule has 3 rings (SSSR count). The molecule has 13 N–H and O–H groups in total. The molecule has 0 aliphatic rings. The summed E-state index contributed by atoms with van der Waals surface area (Å²) in [5.41, 5.74) is 32.5. The second kappa shape index (κ2) is 16.7. The predicted molar refractivity (Wildman–Crippen MR) is 164 cm³/mol. The van der Waals surface area contributed by atoms with Crippen LogP contribution in [0.2, 0.25) is 0 Å². The van der Waals surface area contributed by atoms with Crippen molar-refractivity contribution in [2.45, 2.75) is 49.9 Å². The molecule has 0 fully saturated rings. The summed E-state index contributed by atoms with van der Waals surface area (Å²) in [7, 11) is 0. The molecule has 0 aliphatic heterocycles. The molecule has 0 saturated carbocycles. The standard InChI is InChI=1S/C30H45N9O2/c31-16-24(17-32)39(25(18-33)19-34)14-6-10-26(35)29(40)38-28(13-12-21-7-2-1-3-8-21)30(41)37-23-15-22-9-4-5-11-27(22)36-20-23/h1-5,7-9,11,15,20,24-26,28H,6,10,12-14,16-19,31-35H2,(H,37,41)(H,38,40)/p+1/t26-,28+/m0/s1. The van der Waals surface area contributed by atoms with Crippen molar-refractivity contribution < 1.29 is 14.5 Å². The van der Waals surface area contributed by atoms with E-state index in [1.54, 1.807) is 6.20 Å². The van der Waals surface area contributed by atoms with E-state index in [4.69, 9.17) is 28.7 Å². The SMILES string of the molecule is NCC(CN)[NH+](CCC[C@H](N)C(=O)N[C@H](CCc1ccccc1)C(=O)Nc1cnc2ccccc2c1)C(CN)CN. The second-order valence-electron chi connectivity index (χ2n) is 10.4. The average Bonchev–Trinajstić information content (AvgIpc) is 3.00. The molecule has 1 aromatic heterocycles. The van der Waals surface area contributed by atoms with Crippen LogP contribution in [0.15, 0.2) is 66.9 Å². The Hall–Kier alpha value is -3.45. The van der Waals surface area contributed by atoms with Crippen LogP contribution in [0.4, 0.5) is 5.69 Å². The van der Waals surface area contributed by atoms with Gasteiger partial charge in [0.25, 0.3) is 0 Å². The number of hydrogen-bond acceptors (Lipinski definition) is 8. The Morgan fingerprint density at radius 3 is 2.12 bits per heavy atom. The number of aromatic nitrogens is 1. The lowest BCUT2D eigenvalue weighted by Crippen LogP contribution is -3.22. The Bertz CT molecular complexity index is 1210. The highest BCUT2D eigenvalue weighted by atomic mass is 16.2. The summed E-state index contributed by atoms with van der Waals surface area (Å²) >= 11 is 0. The number of nitrogens with zero attached hydrogens (tertiary/aromatic N) is 1. The monoisotopic (exact) mass is 564 g/mol. The number of hydrogen-bond donors (Lipinski definition) is 8. The van der Waals surface area contributed by atoms with Gasteiger partial charge in [0.1, 0.15) is 18.1 Å². The molecule has 11 heteroatoms. The first-order chi connectivity index (χ1) is 19.9. The average molecular weight is 565 g/mol. The number of pyridine rings is 1. The van der Waals surface area contributed by atoms with Gasteiger partial charge in [0.05, 0.1) is 30.0 Å². The Labute approximate surface area is 242 Å². The molecule has 2 atom stereocenters. The van der Waals surface area contributed by atoms with E-state index >= 15 is 0 Å². The van der Waals surface area contributed by atoms with E-state index in [-0.39, 0.29) is 23.9 Å². The number of nitrogens with one attached hydrogen (secondary N) is 3. The molecule has 3 aromatic rings. The van der Waals surface area contributed by atoms with E-state index in [0.717, 1.165) is 21.4 Å². The minimum absolute atomic E-state index is 0.0211. The summed E-state index contributed by atoms with van der Waals surface area (Å²) in [6.07, 6.45) is 3.72. The van der Waals surface area contributed by atoms with Crippen LogP contribution < -0.4 is 44.2 Å². The molecule has 0 bridgehead atoms. The van der Waals surface area contributed by atoms with Crippen LogP contribution in [-0.2, 0) is 16.0 Å². The lowest BCUT2D eigenvalue weighted by atomic mass is 10.0. The van der Waals surface area contributed by atoms with Gasteiger partial charge in [0, 0.05) is 31.6 Å². The summed E-state index contributed by atoms with van der Waals surface area (Å²) in [5, 5.41) is 6.71. The van der Waals surface area contributed by atoms with Gasteiger partial charge in [-0.2, -0.15) is 0 Å². The van der Waals surface area contributed by atoms with Crippen LogP contribution in [0.1, 0.15) is 24.8 Å². The Morgan fingerprint density at radius 1 is 0.829 bits per heavy atom. The number of quaternary nitrogens is 1. The first-order valence-corrected chi connectivity index (χ1v) is 14.3. The summed E-state index contributed by atoms with van der Waals surface area (Å²) < 4.78 is 0. The third-order valence-electron chi connectivity index (χ3n) is 7.56. The molecule has 41 heavy (non-hydrogen) atoms. The van der Waals surface area contributed by atoms with E-state index in [2.05, 4.69) is 15.6 Å². The van der Waals surface area contributed by atoms with Gasteiger partial charge in [-0.3, -0.25) is 14.6 Å². The number of carbonyl (C=O) groups is 2. The van der Waals surface area contributed by atoms with Crippen LogP contribution in [0.25, 0.3) is 10.9 Å². The fraction of sp³-hybridized carbons (Fsp3) is 0.433. The van der Waals surface area contributed by atoms with Crippen LogP contribution in [0, 0.1) is 0 Å². The molecular formula is C30H46N9O2+. The van der Waals surface area contributed by atoms with Gasteiger partial charge in [-0.25, -0.2) is 0 Å². The highest BCUT2D eigenvalue weighted by Gasteiger charge is 2.28. The molecule has 11 nitrogen and oxygen atoms in total. The Morgan fingerprint density at radius 2 is 1.46 bits per heavy atom. The second-order valence-corrected chi connectivity index (χ2v) is 10.4. The summed E-state index contributed by atoms with van der Waals surface area (Å²) in [6, 6.07) is 17.8. The third-order valence-corrected chi connectivity index (χ3v) is 7.56. The zero-order valence-corrected chi connectivity index (χ0v) is 23.7. The normalized spacial score (nSPS) is 13.1. The van der Waals surface area contributed by atoms with Gasteiger partial charge >= 0.3 is 0 Å². The van der Waals surface area contributed by atoms with Gasteiger partial charge in [0.15, 0.2) is 0 Å². The van der Waals surface area contributed by atoms with E-state index < -0.39 is 12.1 Å². The zero-order valence-electron chi connectivity index (χ0n) is 23.7. The fourth-order valence-electron chi connectivity index (χ4n) is 5.07. The van der Waals surface area contributed by atoms with Crippen molar-refractivity contribution in [1.82, 2.24) is 10.3 Å². The fourth-order valence-corrected chi connectivity index (χ4v) is 5.07. The molecule has 2 amide bonds. The molecule has 0 unspecified atom stereocenters. The Balaban J connectivity index is 1.64. The molecule has 0 radical (unpaired) electrons. The number of nitrogens with two attached hydrogens (primary N) is 5. The highest BCUT2D eigenvalue weighted by Crippen LogP contribution is 2.17. The van der Waals surface area contributed by atoms with Crippen molar-refractivity contribution in [1.29, 1.82) is 0 Å². The largest absolute Gasteiger partial charge is 0.343 e. The summed E-state index contributed by atoms with van der Waals surface area (Å²) in [6.45, 7) is 2.35. The minimum atomic E-state index is -0.783. The van der Waals surface area contributed by atoms with Crippen molar-refractivity contribution in [3.8, 4) is 0 Å². The first-order valence-electron chi connectivity index (χ1n) is 14.3. The maximum absolute atomic E-state index is 13.4. The quantitative estimate of drug-likeness (QED) is 0.100. The van der Waals surface area contributed by atoms with Gasteiger partial charge in [-0.05, 0) is 43.4 Å². The van der Waals surface area contributed by atoms with E-state index in [9.17, 15) is 9.59 Å². The maximum atomic E-state index is 13.4. The summed E-state index contributed by atoms with van der Waals surface area (Å²) in [5.74, 6) is -0.698. The van der Waals surface area contributed by atoms with Gasteiger partial charge < -0.3 is 44.2 Å². The van der Waals surface area contributed by atoms with Crippen molar-refractivity contribution in [3.63, 3.8) is 0 Å². The molecule has 0 spiro atoms. The summed E-state index contributed by atoms with van der Waals surface area (Å²) in [4.78, 5) is 32.1. The van der Waals surface area contributed by atoms with Gasteiger partial charge in [-0.15, -0.1) is 0 Å². The van der Waals surface area contributed by atoms with E-state index in [1.807, 2.05) is 60.7 Å². The highest BCUT2D eigenvalue weighted by molar-refractivity contribution is 5.98. The molecule has 0 aliphatic carbocycles. The van der Waals surface area contributed by atoms with Crippen LogP contribution in [0.5, 0.6) is 0 Å². The number of para-hydroxylation sites is 1. The van der Waals surface area contributed by atoms with Gasteiger partial charge in [0.2, 0.25) is 11.8 Å². The number of carbonyl (C=O) groups excluding carboxylic acids is 2. The maximum Gasteiger partial charge on any atom is 0.247 e. The molecule has 1 heterocycles. The lowest BCUT2D eigenvalue weighted by molar-refractivity contribution is -0.944. The van der Waals surface area contributed by atoms with E-state index in [1.165, 1.54) is 0 Å². The molecule has 2 aromatic carbocycles. The Kier molecular flexibility index (Phi) is 13.1. The van der Waals surface area contributed by atoms with Gasteiger partial charge in [-0.1, -0.05) is 48.5 Å². The number of benzene rings is 2. The van der Waals surface area contributed by atoms with E-state index in [0.29, 0.717) is 64.1 Å². The van der Waals surface area contributed by atoms with Crippen molar-refractivity contribution in [3.05, 3.63) is 72.4 Å². The number of amides is 2. The van der Waals surface area contributed by atoms with Crippen LogP contribution in [-0.4, -0.2) is 73.7 Å². The molecule has 0 saturated heterocycles. The number of aryl methyl sites for hydroxylation is 1. The topological polar surface area (TPSA) is 206 Å². The number of rotatable bonds is 17. The number of anilines is 1.